The first-order valence-electron chi connectivity index (χ1n) is 5.28. The highest BCUT2D eigenvalue weighted by atomic mass is 35.5. The molecule has 0 radical (unpaired) electrons. The van der Waals surface area contributed by atoms with E-state index in [-0.39, 0.29) is 6.42 Å². The molecule has 0 fully saturated rings. The first-order chi connectivity index (χ1) is 8.92. The molecule has 5 nitrogen and oxygen atoms in total. The van der Waals surface area contributed by atoms with E-state index >= 15 is 0 Å². The number of carbonyl (C=O) groups is 2. The van der Waals surface area contributed by atoms with Gasteiger partial charge in [0.15, 0.2) is 0 Å². The average Bonchev–Trinajstić information content (AvgIpc) is 2.39. The molecule has 0 aliphatic heterocycles. The Labute approximate surface area is 120 Å². The number of aliphatic hydroxyl groups excluding tert-OH is 3. The minimum atomic E-state index is -1.20. The van der Waals surface area contributed by atoms with Crippen LogP contribution >= 0.6 is 23.2 Å². The van der Waals surface area contributed by atoms with E-state index in [0.717, 1.165) is 0 Å². The van der Waals surface area contributed by atoms with Crippen LogP contribution < -0.4 is 0 Å². The minimum absolute atomic E-state index is 0.137. The van der Waals surface area contributed by atoms with Crippen LogP contribution in [0.15, 0.2) is 24.3 Å². The Balaban J connectivity index is 0.000000344. The van der Waals surface area contributed by atoms with Crippen molar-refractivity contribution in [1.82, 2.24) is 0 Å². The highest BCUT2D eigenvalue weighted by Gasteiger charge is 2.13. The minimum Gasteiger partial charge on any atom is -0.394 e. The first-order valence-corrected chi connectivity index (χ1v) is 6.04. The molecule has 0 amide bonds. The molecule has 7 heteroatoms. The fourth-order valence-corrected chi connectivity index (χ4v) is 1.21. The number of aliphatic hydroxyl groups is 3. The lowest BCUT2D eigenvalue weighted by atomic mass is 10.2. The molecule has 0 heterocycles. The van der Waals surface area contributed by atoms with Gasteiger partial charge in [-0.05, 0) is 35.9 Å². The average molecular weight is 309 g/mol. The van der Waals surface area contributed by atoms with Crippen molar-refractivity contribution in [3.8, 4) is 0 Å². The molecule has 0 saturated heterocycles. The van der Waals surface area contributed by atoms with Crippen LogP contribution in [-0.2, 0) is 4.79 Å². The number of halogens is 2. The Morgan fingerprint density at radius 3 is 2.11 bits per heavy atom. The van der Waals surface area contributed by atoms with Crippen LogP contribution in [0.1, 0.15) is 16.8 Å². The molecule has 2 atom stereocenters. The van der Waals surface area contributed by atoms with E-state index in [1.54, 1.807) is 24.3 Å². The van der Waals surface area contributed by atoms with Gasteiger partial charge in [-0.25, -0.2) is 0 Å². The maximum atomic E-state index is 10.5. The number of aldehydes is 1. The standard InChI is InChI=1S/C7H4Cl2O.C5H10O4/c8-6-3-1-5(2-4-6)7(9)10;6-2-1-4(8)5(9)3-7/h1-4H;2,4-5,7-9H,1,3H2/t;4-,5+/m.0/s1. The summed E-state index contributed by atoms with van der Waals surface area (Å²) >= 11 is 10.7. The maximum absolute atomic E-state index is 10.5. The van der Waals surface area contributed by atoms with Gasteiger partial charge in [0.2, 0.25) is 0 Å². The van der Waals surface area contributed by atoms with E-state index in [4.69, 9.17) is 38.5 Å². The zero-order valence-corrected chi connectivity index (χ0v) is 11.4. The lowest BCUT2D eigenvalue weighted by Crippen LogP contribution is -2.29. The van der Waals surface area contributed by atoms with Crippen molar-refractivity contribution in [3.05, 3.63) is 34.9 Å². The molecule has 3 N–H and O–H groups in total. The van der Waals surface area contributed by atoms with Gasteiger partial charge in [-0.15, -0.1) is 0 Å². The third-order valence-corrected chi connectivity index (χ3v) is 2.51. The van der Waals surface area contributed by atoms with E-state index in [1.807, 2.05) is 0 Å². The number of carbonyl (C=O) groups excluding carboxylic acids is 2. The predicted molar refractivity (Wildman–Crippen MR) is 71.4 cm³/mol. The lowest BCUT2D eigenvalue weighted by Gasteiger charge is -2.11. The number of benzene rings is 1. The molecule has 0 bridgehead atoms. The Bertz CT molecular complexity index is 394. The van der Waals surface area contributed by atoms with Crippen LogP contribution in [0.2, 0.25) is 5.02 Å². The van der Waals surface area contributed by atoms with Gasteiger partial charge < -0.3 is 20.1 Å². The van der Waals surface area contributed by atoms with E-state index in [9.17, 15) is 9.59 Å². The molecule has 1 aromatic carbocycles. The summed E-state index contributed by atoms with van der Waals surface area (Å²) in [7, 11) is 0. The van der Waals surface area contributed by atoms with E-state index in [2.05, 4.69) is 0 Å². The maximum Gasteiger partial charge on any atom is 0.252 e. The Hall–Kier alpha value is -0.980. The van der Waals surface area contributed by atoms with Crippen LogP contribution in [0.5, 0.6) is 0 Å². The monoisotopic (exact) mass is 308 g/mol. The van der Waals surface area contributed by atoms with Gasteiger partial charge in [0, 0.05) is 17.0 Å². The van der Waals surface area contributed by atoms with Gasteiger partial charge in [0.25, 0.3) is 5.24 Å². The van der Waals surface area contributed by atoms with E-state index in [1.165, 1.54) is 0 Å². The fraction of sp³-hybridized carbons (Fsp3) is 0.333. The normalized spacial score (nSPS) is 12.9. The molecule has 0 aliphatic carbocycles. The molecule has 106 valence electrons. The van der Waals surface area contributed by atoms with Gasteiger partial charge in [0.1, 0.15) is 12.4 Å². The van der Waals surface area contributed by atoms with Gasteiger partial charge in [0.05, 0.1) is 12.7 Å². The highest BCUT2D eigenvalue weighted by molar-refractivity contribution is 6.67. The van der Waals surface area contributed by atoms with Crippen LogP contribution in [0.3, 0.4) is 0 Å². The van der Waals surface area contributed by atoms with Crippen molar-refractivity contribution in [2.75, 3.05) is 6.61 Å². The zero-order valence-electron chi connectivity index (χ0n) is 9.87. The van der Waals surface area contributed by atoms with Crippen molar-refractivity contribution in [1.29, 1.82) is 0 Å². The van der Waals surface area contributed by atoms with Gasteiger partial charge >= 0.3 is 0 Å². The van der Waals surface area contributed by atoms with Crippen molar-refractivity contribution in [2.45, 2.75) is 18.6 Å². The van der Waals surface area contributed by atoms with Gasteiger partial charge in [-0.1, -0.05) is 11.6 Å². The SMILES string of the molecule is O=C(Cl)c1ccc(Cl)cc1.O=CC[C@H](O)[C@H](O)CO. The lowest BCUT2D eigenvalue weighted by molar-refractivity contribution is -0.111. The molecule has 19 heavy (non-hydrogen) atoms. The molecule has 1 rings (SSSR count). The second kappa shape index (κ2) is 9.89. The summed E-state index contributed by atoms with van der Waals surface area (Å²) < 4.78 is 0. The van der Waals surface area contributed by atoms with E-state index < -0.39 is 24.1 Å². The number of rotatable bonds is 5. The molecule has 0 spiro atoms. The van der Waals surface area contributed by atoms with Crippen molar-refractivity contribution < 1.29 is 24.9 Å². The number of hydrogen-bond donors (Lipinski definition) is 3. The second-order valence-electron chi connectivity index (χ2n) is 3.50. The smallest absolute Gasteiger partial charge is 0.252 e. The summed E-state index contributed by atoms with van der Waals surface area (Å²) in [5.74, 6) is 0. The molecule has 0 saturated carbocycles. The molecule has 1 aromatic rings. The third kappa shape index (κ3) is 7.92. The molecule has 0 unspecified atom stereocenters. The molecular formula is C12H14Cl2O5. The van der Waals surface area contributed by atoms with Crippen molar-refractivity contribution in [3.63, 3.8) is 0 Å². The van der Waals surface area contributed by atoms with Crippen LogP contribution in [-0.4, -0.2) is 45.7 Å². The summed E-state index contributed by atoms with van der Waals surface area (Å²) in [6.45, 7) is -0.519. The second-order valence-corrected chi connectivity index (χ2v) is 4.28. The summed E-state index contributed by atoms with van der Waals surface area (Å²) in [6.07, 6.45) is -1.98. The Kier molecular flexibility index (Phi) is 9.38. The van der Waals surface area contributed by atoms with Crippen molar-refractivity contribution >= 4 is 34.7 Å². The Morgan fingerprint density at radius 2 is 1.74 bits per heavy atom. The van der Waals surface area contributed by atoms with Gasteiger partial charge in [-0.2, -0.15) is 0 Å². The number of hydrogen-bond acceptors (Lipinski definition) is 5. The van der Waals surface area contributed by atoms with Crippen LogP contribution in [0.25, 0.3) is 0 Å². The zero-order chi connectivity index (χ0) is 14.8. The van der Waals surface area contributed by atoms with Crippen molar-refractivity contribution in [2.24, 2.45) is 0 Å². The topological polar surface area (TPSA) is 94.8 Å². The summed E-state index contributed by atoms with van der Waals surface area (Å²) in [5, 5.41) is 25.6. The molecular weight excluding hydrogens is 295 g/mol. The fourth-order valence-electron chi connectivity index (χ4n) is 0.958. The quantitative estimate of drug-likeness (QED) is 0.557. The Morgan fingerprint density at radius 1 is 1.21 bits per heavy atom. The summed E-state index contributed by atoms with van der Waals surface area (Å²) in [6, 6.07) is 6.41. The molecule has 0 aromatic heterocycles. The molecule has 0 aliphatic rings. The van der Waals surface area contributed by atoms with Crippen LogP contribution in [0.4, 0.5) is 0 Å². The van der Waals surface area contributed by atoms with Gasteiger partial charge in [-0.3, -0.25) is 4.79 Å². The predicted octanol–water partition coefficient (Wildman–Crippen LogP) is 1.01. The highest BCUT2D eigenvalue weighted by Crippen LogP contribution is 2.10. The summed E-state index contributed by atoms with van der Waals surface area (Å²) in [5.41, 5.74) is 0.464. The summed E-state index contributed by atoms with van der Waals surface area (Å²) in [4.78, 5) is 20.2. The first kappa shape index (κ1) is 18.0. The van der Waals surface area contributed by atoms with E-state index in [0.29, 0.717) is 16.9 Å². The van der Waals surface area contributed by atoms with Crippen LogP contribution in [0, 0.1) is 0 Å². The third-order valence-electron chi connectivity index (χ3n) is 2.04. The largest absolute Gasteiger partial charge is 0.394 e.